The first kappa shape index (κ1) is 70.6. The van der Waals surface area contributed by atoms with Gasteiger partial charge in [0.05, 0.1) is 47.2 Å². The van der Waals surface area contributed by atoms with Gasteiger partial charge in [0.1, 0.15) is 33.5 Å². The lowest BCUT2D eigenvalue weighted by Crippen LogP contribution is -1.92. The Morgan fingerprint density at radius 1 is 0.179 bits per heavy atom. The van der Waals surface area contributed by atoms with Crippen LogP contribution in [0.3, 0.4) is 0 Å². The van der Waals surface area contributed by atoms with E-state index >= 15 is 0 Å². The van der Waals surface area contributed by atoms with Gasteiger partial charge in [-0.2, -0.15) is 0 Å². The topological polar surface area (TPSA) is 54.2 Å². The second kappa shape index (κ2) is 28.7. The summed E-state index contributed by atoms with van der Waals surface area (Å²) in [5.41, 5.74) is 31.1. The number of benzene rings is 18. The Hall–Kier alpha value is -15.4. The predicted molar refractivity (Wildman–Crippen MR) is 523 cm³/mol. The Morgan fingerprint density at radius 3 is 1.05 bits per heavy atom. The fraction of sp³-hybridized carbons (Fsp3) is 0. The van der Waals surface area contributed by atoms with Crippen molar-refractivity contribution in [3.05, 3.63) is 419 Å². The summed E-state index contributed by atoms with van der Waals surface area (Å²) in [6.07, 6.45) is 0. The Labute approximate surface area is 717 Å². The highest BCUT2D eigenvalue weighted by molar-refractivity contribution is 7.27. The molecular formula is C114H69N3O3S3. The third kappa shape index (κ3) is 11.6. The number of hydrogen-bond acceptors (Lipinski definition) is 6. The zero-order valence-electron chi connectivity index (χ0n) is 66.1. The van der Waals surface area contributed by atoms with Gasteiger partial charge >= 0.3 is 0 Å². The van der Waals surface area contributed by atoms with Crippen LogP contribution < -0.4 is 0 Å². The molecule has 0 aliphatic heterocycles. The Bertz CT molecular complexity index is 8910. The average molecular weight is 1630 g/mol. The van der Waals surface area contributed by atoms with E-state index in [0.29, 0.717) is 0 Å². The quantitative estimate of drug-likeness (QED) is 0.145. The highest BCUT2D eigenvalue weighted by Gasteiger charge is 2.24. The summed E-state index contributed by atoms with van der Waals surface area (Å²) in [7, 11) is 0. The SMILES string of the molecule is c1ccc(-n2c3ccccc3c3sc4cc(-c5cccc(-c6ccc7oc8ccccc8c7c6)c5)ccc4c32)cc1.c1ccc(-n2c3ccccc3c3sc4cc(-c5cccc(-c6cccc7oc8ccccc8c67)c5)ccc4c32)cc1.c1ccc(-n2c3ccccc3c3sc4ccc(-c5cccc(-c6cccc7c6oc6ccccc67)c5)cc4c32)cc1. The molecule has 0 N–H and O–H groups in total. The molecule has 27 aromatic rings. The lowest BCUT2D eigenvalue weighted by atomic mass is 9.96. The molecule has 18 aromatic carbocycles. The normalized spacial score (nSPS) is 11.9. The lowest BCUT2D eigenvalue weighted by Gasteiger charge is -2.09. The van der Waals surface area contributed by atoms with Crippen molar-refractivity contribution in [3.63, 3.8) is 0 Å². The van der Waals surface area contributed by atoms with Crippen molar-refractivity contribution in [1.82, 2.24) is 13.7 Å². The van der Waals surface area contributed by atoms with Crippen LogP contribution in [0.5, 0.6) is 0 Å². The minimum absolute atomic E-state index is 0.923. The largest absolute Gasteiger partial charge is 0.456 e. The Kier molecular flexibility index (Phi) is 16.5. The molecule has 0 atom stereocenters. The molecule has 0 aliphatic rings. The molecule has 576 valence electrons. The van der Waals surface area contributed by atoms with Crippen molar-refractivity contribution in [2.24, 2.45) is 0 Å². The van der Waals surface area contributed by atoms with Gasteiger partial charge < -0.3 is 27.0 Å². The van der Waals surface area contributed by atoms with E-state index in [1.807, 2.05) is 70.4 Å². The Balaban J connectivity index is 0.000000101. The highest BCUT2D eigenvalue weighted by atomic mass is 32.1. The summed E-state index contributed by atoms with van der Waals surface area (Å²) in [6, 6.07) is 150. The first-order valence-corrected chi connectivity index (χ1v) is 44.0. The molecule has 0 saturated heterocycles. The molecule has 0 amide bonds. The van der Waals surface area contributed by atoms with E-state index in [2.05, 4.69) is 396 Å². The summed E-state index contributed by atoms with van der Waals surface area (Å²) in [4.78, 5) is 0. The van der Waals surface area contributed by atoms with Crippen molar-refractivity contribution in [1.29, 1.82) is 0 Å². The summed E-state index contributed by atoms with van der Waals surface area (Å²) in [5.74, 6) is 0. The third-order valence-corrected chi connectivity index (χ3v) is 28.1. The van der Waals surface area contributed by atoms with Crippen molar-refractivity contribution >= 4 is 193 Å². The maximum Gasteiger partial charge on any atom is 0.143 e. The van der Waals surface area contributed by atoms with Gasteiger partial charge in [-0.15, -0.1) is 34.0 Å². The average Bonchev–Trinajstić information content (AvgIpc) is 1.58. The Morgan fingerprint density at radius 2 is 0.512 bits per heavy atom. The van der Waals surface area contributed by atoms with Crippen molar-refractivity contribution < 1.29 is 13.3 Å². The van der Waals surface area contributed by atoms with E-state index in [1.165, 1.54) is 172 Å². The number of hydrogen-bond donors (Lipinski definition) is 0. The summed E-state index contributed by atoms with van der Waals surface area (Å²) >= 11 is 5.66. The molecule has 0 unspecified atom stereocenters. The van der Waals surface area contributed by atoms with Crippen molar-refractivity contribution in [2.75, 3.05) is 0 Å². The van der Waals surface area contributed by atoms with Gasteiger partial charge in [-0.3, -0.25) is 0 Å². The van der Waals surface area contributed by atoms with Gasteiger partial charge in [0.25, 0.3) is 0 Å². The summed E-state index contributed by atoms with van der Waals surface area (Å²) < 4.78 is 33.8. The summed E-state index contributed by atoms with van der Waals surface area (Å²) in [5, 5.41) is 14.7. The van der Waals surface area contributed by atoms with Crippen LogP contribution in [0.2, 0.25) is 0 Å². The minimum Gasteiger partial charge on any atom is -0.456 e. The van der Waals surface area contributed by atoms with E-state index in [0.717, 1.165) is 71.6 Å². The van der Waals surface area contributed by atoms with E-state index in [1.54, 1.807) is 0 Å². The lowest BCUT2D eigenvalue weighted by molar-refractivity contribution is 0.668. The number of furan rings is 3. The van der Waals surface area contributed by atoms with Gasteiger partial charge in [0.2, 0.25) is 0 Å². The number of fused-ring (bicyclic) bond motifs is 24. The molecule has 0 bridgehead atoms. The second-order valence-corrected chi connectivity index (χ2v) is 34.8. The van der Waals surface area contributed by atoms with Crippen LogP contribution in [0.25, 0.3) is 243 Å². The van der Waals surface area contributed by atoms with Gasteiger partial charge in [-0.25, -0.2) is 0 Å². The standard InChI is InChI=1S/3C38H23NOS/c1-2-12-27(13-3-1)39-33-18-6-4-15-31(33)38-36(39)32-23-25(20-21-35(32)41-38)24-10-8-11-26(22-24)28-16-9-17-30-29-14-5-7-19-34(29)40-37(28)30;1-2-12-27(13-3-1)39-32-17-6-4-14-29(32)38-37(39)31-21-20-25(23-35(31)41-38)24-10-8-11-26(22-24)28-16-9-19-34-36(28)30-15-5-7-18-33(30)40-34;1-2-11-28(12-3-1)39-33-15-6-4-14-30(33)38-37(39)31-19-17-27(23-36(31)41-38)25-10-8-9-24(21-25)26-18-20-35-32(22-26)29-13-5-7-16-34(29)40-35/h3*1-23H. The maximum absolute atomic E-state index is 6.36. The van der Waals surface area contributed by atoms with Crippen LogP contribution >= 0.6 is 34.0 Å². The van der Waals surface area contributed by atoms with Gasteiger partial charge in [0, 0.05) is 101 Å². The molecule has 0 saturated carbocycles. The summed E-state index contributed by atoms with van der Waals surface area (Å²) in [6.45, 7) is 0. The van der Waals surface area contributed by atoms with E-state index in [4.69, 9.17) is 13.3 Å². The number of aromatic nitrogens is 3. The number of nitrogens with zero attached hydrogens (tertiary/aromatic N) is 3. The first-order chi connectivity index (χ1) is 61.0. The fourth-order valence-electron chi connectivity index (χ4n) is 19.0. The fourth-order valence-corrected chi connectivity index (χ4v) is 22.7. The predicted octanol–water partition coefficient (Wildman–Crippen LogP) is 33.7. The zero-order chi connectivity index (χ0) is 80.7. The van der Waals surface area contributed by atoms with E-state index in [-0.39, 0.29) is 0 Å². The van der Waals surface area contributed by atoms with Crippen molar-refractivity contribution in [2.45, 2.75) is 0 Å². The second-order valence-electron chi connectivity index (χ2n) is 31.6. The van der Waals surface area contributed by atoms with E-state index < -0.39 is 0 Å². The number of thiophene rings is 3. The number of rotatable bonds is 9. The zero-order valence-corrected chi connectivity index (χ0v) is 68.6. The molecule has 0 spiro atoms. The van der Waals surface area contributed by atoms with Crippen LogP contribution in [0, 0.1) is 0 Å². The van der Waals surface area contributed by atoms with Crippen LogP contribution in [0.15, 0.2) is 432 Å². The highest BCUT2D eigenvalue weighted by Crippen LogP contribution is 2.50. The molecule has 27 rings (SSSR count). The molecular weight excluding hydrogens is 1560 g/mol. The molecule has 9 aromatic heterocycles. The molecule has 9 heteroatoms. The molecule has 123 heavy (non-hydrogen) atoms. The maximum atomic E-state index is 6.36. The molecule has 0 fully saturated rings. The van der Waals surface area contributed by atoms with E-state index in [9.17, 15) is 0 Å². The van der Waals surface area contributed by atoms with Crippen molar-refractivity contribution in [3.8, 4) is 83.8 Å². The molecule has 0 aliphatic carbocycles. The molecule has 9 heterocycles. The van der Waals surface area contributed by atoms with Gasteiger partial charge in [-0.1, -0.05) is 285 Å². The van der Waals surface area contributed by atoms with Gasteiger partial charge in [0.15, 0.2) is 0 Å². The molecule has 0 radical (unpaired) electrons. The minimum atomic E-state index is 0.923. The smallest absolute Gasteiger partial charge is 0.143 e. The van der Waals surface area contributed by atoms with Gasteiger partial charge in [-0.05, 0) is 195 Å². The van der Waals surface area contributed by atoms with Crippen LogP contribution in [0.4, 0.5) is 0 Å². The monoisotopic (exact) mass is 1620 g/mol. The number of para-hydroxylation sites is 10. The van der Waals surface area contributed by atoms with Crippen LogP contribution in [0.1, 0.15) is 0 Å². The van der Waals surface area contributed by atoms with Crippen LogP contribution in [-0.2, 0) is 0 Å². The third-order valence-electron chi connectivity index (χ3n) is 24.6. The first-order valence-electron chi connectivity index (χ1n) is 41.6. The molecule has 6 nitrogen and oxygen atoms in total. The van der Waals surface area contributed by atoms with Crippen LogP contribution in [-0.4, -0.2) is 13.7 Å².